The third-order valence-corrected chi connectivity index (χ3v) is 0. The molecule has 0 unspecified atom stereocenters. The summed E-state index contributed by atoms with van der Waals surface area (Å²) in [5.74, 6) is 0. The molecule has 0 aromatic carbocycles. The Balaban J connectivity index is -0.00000000970. The second kappa shape index (κ2) is 10.3. The molecule has 0 aliphatic heterocycles. The SMILES string of the molecule is O=S(=O)(O)O.O=S(=O)(O)O.[Ba+2].[H-].[H-].[H-].[H-].[Sr+2]. The minimum absolute atomic E-state index is 0. The molecule has 0 rings (SSSR count). The van der Waals surface area contributed by atoms with Crippen molar-refractivity contribution in [3.05, 3.63) is 0 Å². The smallest absolute Gasteiger partial charge is 1.00 e. The normalized spacial score (nSPS) is 9.67. The van der Waals surface area contributed by atoms with Crippen LogP contribution in [-0.2, 0) is 20.8 Å². The Labute approximate surface area is 153 Å². The summed E-state index contributed by atoms with van der Waals surface area (Å²) in [5, 5.41) is 0. The molecular formula is H8BaO8S2Sr. The van der Waals surface area contributed by atoms with Crippen LogP contribution in [0, 0.1) is 0 Å². The third kappa shape index (κ3) is 228. The maximum Gasteiger partial charge on any atom is 2.00 e. The predicted octanol–water partition coefficient (Wildman–Crippen LogP) is -1.62. The minimum Gasteiger partial charge on any atom is -1.00 e. The fourth-order valence-electron chi connectivity index (χ4n) is 0. The van der Waals surface area contributed by atoms with Crippen LogP contribution in [0.5, 0.6) is 0 Å². The van der Waals surface area contributed by atoms with E-state index in [2.05, 4.69) is 0 Å². The Morgan fingerprint density at radius 3 is 0.750 bits per heavy atom. The number of hydrogen-bond donors (Lipinski definition) is 4. The molecule has 0 atom stereocenters. The molecule has 0 aliphatic rings. The van der Waals surface area contributed by atoms with Gasteiger partial charge in [0.05, 0.1) is 0 Å². The summed E-state index contributed by atoms with van der Waals surface area (Å²) in [5.41, 5.74) is 0. The van der Waals surface area contributed by atoms with E-state index in [0.29, 0.717) is 0 Å². The fraction of sp³-hybridized carbons (Fsp3) is 0. The van der Waals surface area contributed by atoms with E-state index >= 15 is 0 Å². The van der Waals surface area contributed by atoms with Gasteiger partial charge in [0.15, 0.2) is 0 Å². The van der Waals surface area contributed by atoms with Crippen molar-refractivity contribution < 1.29 is 40.8 Å². The van der Waals surface area contributed by atoms with Crippen LogP contribution in [0.25, 0.3) is 0 Å². The second-order valence-electron chi connectivity index (χ2n) is 0.896. The van der Waals surface area contributed by atoms with E-state index < -0.39 is 20.8 Å². The van der Waals surface area contributed by atoms with Gasteiger partial charge in [-0.25, -0.2) is 0 Å². The van der Waals surface area contributed by atoms with Crippen molar-refractivity contribution in [2.24, 2.45) is 0 Å². The van der Waals surface area contributed by atoms with E-state index in [0.717, 1.165) is 0 Å². The summed E-state index contributed by atoms with van der Waals surface area (Å²) in [6, 6.07) is 0. The fourth-order valence-corrected chi connectivity index (χ4v) is 0. The molecule has 0 spiro atoms. The summed E-state index contributed by atoms with van der Waals surface area (Å²) in [7, 11) is -9.33. The molecule has 0 bridgehead atoms. The summed E-state index contributed by atoms with van der Waals surface area (Å²) in [4.78, 5) is 0. The first-order valence-electron chi connectivity index (χ1n) is 1.40. The molecule has 0 radical (unpaired) electrons. The molecule has 12 heavy (non-hydrogen) atoms. The van der Waals surface area contributed by atoms with Gasteiger partial charge >= 0.3 is 115 Å². The Morgan fingerprint density at radius 1 is 0.750 bits per heavy atom. The van der Waals surface area contributed by atoms with E-state index in [1.54, 1.807) is 0 Å². The second-order valence-corrected chi connectivity index (χ2v) is 2.69. The summed E-state index contributed by atoms with van der Waals surface area (Å²) in [6.45, 7) is 0. The molecule has 0 saturated heterocycles. The van der Waals surface area contributed by atoms with Gasteiger partial charge in [-0.05, 0) is 0 Å². The molecule has 0 fully saturated rings. The molecular weight excluding hydrogens is 417 g/mol. The predicted molar refractivity (Wildman–Crippen MR) is 44.3 cm³/mol. The minimum atomic E-state index is -4.67. The van der Waals surface area contributed by atoms with Crippen molar-refractivity contribution in [1.82, 2.24) is 0 Å². The summed E-state index contributed by atoms with van der Waals surface area (Å²) < 4.78 is 63.2. The molecule has 8 nitrogen and oxygen atoms in total. The van der Waals surface area contributed by atoms with Gasteiger partial charge in [-0.3, -0.25) is 18.2 Å². The number of hydrogen-bond acceptors (Lipinski definition) is 4. The van der Waals surface area contributed by atoms with Gasteiger partial charge < -0.3 is 5.71 Å². The molecule has 4 N–H and O–H groups in total. The van der Waals surface area contributed by atoms with Gasteiger partial charge in [0, 0.05) is 0 Å². The monoisotopic (exact) mass is 426 g/mol. The number of rotatable bonds is 0. The van der Waals surface area contributed by atoms with Crippen molar-refractivity contribution in [1.29, 1.82) is 0 Å². The molecule has 0 heterocycles. The molecule has 0 amide bonds. The van der Waals surface area contributed by atoms with Crippen molar-refractivity contribution in [3.8, 4) is 0 Å². The third-order valence-electron chi connectivity index (χ3n) is 0. The average Bonchev–Trinajstić information content (AvgIpc) is 1.12. The zero-order valence-electron chi connectivity index (χ0n) is 9.65. The van der Waals surface area contributed by atoms with Crippen LogP contribution in [0.15, 0.2) is 0 Å². The first-order chi connectivity index (χ1) is 4.00. The van der Waals surface area contributed by atoms with Gasteiger partial charge in [0.2, 0.25) is 0 Å². The average molecular weight is 425 g/mol. The zero-order valence-corrected chi connectivity index (χ0v) is 15.2. The summed E-state index contributed by atoms with van der Waals surface area (Å²) in [6.07, 6.45) is 0. The topological polar surface area (TPSA) is 149 Å². The Hall–Kier alpha value is 2.79. The van der Waals surface area contributed by atoms with Crippen molar-refractivity contribution >= 4 is 115 Å². The van der Waals surface area contributed by atoms with Gasteiger partial charge in [-0.2, -0.15) is 16.8 Å². The standard InChI is InChI=1S/Ba.2H2O4S.Sr.4H/c;2*1-5(2,3)4;;;;;/h;2*(H2,1,2,3,4);;;;;/q+2;;;+2;4*-1. The maximum absolute atomic E-state index is 8.74. The van der Waals surface area contributed by atoms with E-state index in [-0.39, 0.29) is 100 Å². The van der Waals surface area contributed by atoms with Crippen LogP contribution in [0.4, 0.5) is 0 Å². The van der Waals surface area contributed by atoms with E-state index in [1.165, 1.54) is 0 Å². The molecule has 0 aromatic heterocycles. The van der Waals surface area contributed by atoms with Crippen LogP contribution in [0.1, 0.15) is 5.71 Å². The van der Waals surface area contributed by atoms with Crippen LogP contribution in [-0.4, -0.2) is 129 Å². The van der Waals surface area contributed by atoms with Crippen LogP contribution >= 0.6 is 0 Å². The van der Waals surface area contributed by atoms with E-state index in [9.17, 15) is 0 Å². The van der Waals surface area contributed by atoms with Gasteiger partial charge in [0.1, 0.15) is 0 Å². The quantitative estimate of drug-likeness (QED) is 0.267. The molecule has 12 heteroatoms. The van der Waals surface area contributed by atoms with Crippen LogP contribution in [0.3, 0.4) is 0 Å². The van der Waals surface area contributed by atoms with Crippen molar-refractivity contribution in [2.45, 2.75) is 0 Å². The zero-order chi connectivity index (χ0) is 9.00. The van der Waals surface area contributed by atoms with E-state index in [4.69, 9.17) is 35.0 Å². The molecule has 0 saturated carbocycles. The van der Waals surface area contributed by atoms with Gasteiger partial charge in [0.25, 0.3) is 0 Å². The molecule has 72 valence electrons. The van der Waals surface area contributed by atoms with E-state index in [1.807, 2.05) is 0 Å². The van der Waals surface area contributed by atoms with Crippen molar-refractivity contribution in [3.63, 3.8) is 0 Å². The van der Waals surface area contributed by atoms with Gasteiger partial charge in [-0.15, -0.1) is 0 Å². The first kappa shape index (κ1) is 24.2. The largest absolute Gasteiger partial charge is 2.00 e. The summed E-state index contributed by atoms with van der Waals surface area (Å²) >= 11 is 0. The molecule has 0 aliphatic carbocycles. The molecule has 0 aromatic rings. The first-order valence-corrected chi connectivity index (χ1v) is 4.19. The Morgan fingerprint density at radius 2 is 0.750 bits per heavy atom. The Bertz CT molecular complexity index is 226. The van der Waals surface area contributed by atoms with Gasteiger partial charge in [-0.1, -0.05) is 0 Å². The van der Waals surface area contributed by atoms with Crippen LogP contribution < -0.4 is 0 Å². The maximum atomic E-state index is 8.74. The van der Waals surface area contributed by atoms with Crippen molar-refractivity contribution in [2.75, 3.05) is 0 Å². The Kier molecular flexibility index (Phi) is 20.8. The van der Waals surface area contributed by atoms with Crippen LogP contribution in [0.2, 0.25) is 0 Å².